The fourth-order valence-electron chi connectivity index (χ4n) is 2.16. The number of aliphatic hydroxyl groups excluding tert-OH is 1. The number of benzene rings is 1. The van der Waals surface area contributed by atoms with Gasteiger partial charge in [-0.05, 0) is 42.7 Å². The fourth-order valence-corrected chi connectivity index (χ4v) is 2.16. The predicted octanol–water partition coefficient (Wildman–Crippen LogP) is 3.34. The van der Waals surface area contributed by atoms with Gasteiger partial charge in [-0.15, -0.1) is 0 Å². The summed E-state index contributed by atoms with van der Waals surface area (Å²) in [6.45, 7) is 2.83. The summed E-state index contributed by atoms with van der Waals surface area (Å²) in [6.07, 6.45) is 2.03. The summed E-state index contributed by atoms with van der Waals surface area (Å²) in [5.74, 6) is -0.390. The van der Waals surface area contributed by atoms with Crippen molar-refractivity contribution < 1.29 is 9.50 Å². The summed E-state index contributed by atoms with van der Waals surface area (Å²) < 4.78 is 12.8. The highest BCUT2D eigenvalue weighted by Gasteiger charge is 2.11. The molecule has 0 fully saturated rings. The molecule has 1 N–H and O–H groups in total. The first-order chi connectivity index (χ1) is 10.1. The van der Waals surface area contributed by atoms with Crippen LogP contribution in [0.15, 0.2) is 42.6 Å². The number of pyridine rings is 1. The van der Waals surface area contributed by atoms with Crippen molar-refractivity contribution >= 4 is 5.69 Å². The van der Waals surface area contributed by atoms with E-state index in [1.54, 1.807) is 0 Å². The molecule has 4 heteroatoms. The van der Waals surface area contributed by atoms with E-state index < -0.39 is 6.10 Å². The molecule has 0 spiro atoms. The Morgan fingerprint density at radius 3 is 2.48 bits per heavy atom. The van der Waals surface area contributed by atoms with Crippen molar-refractivity contribution in [3.63, 3.8) is 0 Å². The zero-order valence-corrected chi connectivity index (χ0v) is 12.5. The van der Waals surface area contributed by atoms with Crippen LogP contribution in [-0.2, 0) is 6.42 Å². The lowest BCUT2D eigenvalue weighted by molar-refractivity contribution is 0.165. The monoisotopic (exact) mass is 288 g/mol. The third-order valence-corrected chi connectivity index (χ3v) is 3.61. The van der Waals surface area contributed by atoms with Crippen LogP contribution in [0.3, 0.4) is 0 Å². The van der Waals surface area contributed by atoms with Gasteiger partial charge in [-0.3, -0.25) is 4.98 Å². The van der Waals surface area contributed by atoms with Crippen molar-refractivity contribution in [2.24, 2.45) is 0 Å². The molecule has 0 radical (unpaired) electrons. The molecular weight excluding hydrogens is 267 g/mol. The Morgan fingerprint density at radius 1 is 1.19 bits per heavy atom. The highest BCUT2D eigenvalue weighted by molar-refractivity contribution is 5.46. The largest absolute Gasteiger partial charge is 0.387 e. The third-order valence-electron chi connectivity index (χ3n) is 3.61. The van der Waals surface area contributed by atoms with E-state index in [2.05, 4.69) is 41.1 Å². The summed E-state index contributed by atoms with van der Waals surface area (Å²) in [4.78, 5) is 6.00. The van der Waals surface area contributed by atoms with Gasteiger partial charge in [0.25, 0.3) is 0 Å². The Bertz CT molecular complexity index is 554. The van der Waals surface area contributed by atoms with E-state index in [1.165, 1.54) is 17.7 Å². The van der Waals surface area contributed by atoms with Crippen LogP contribution in [-0.4, -0.2) is 23.7 Å². The quantitative estimate of drug-likeness (QED) is 0.885. The van der Waals surface area contributed by atoms with Crippen LogP contribution in [0.1, 0.15) is 30.7 Å². The predicted molar refractivity (Wildman–Crippen MR) is 82.9 cm³/mol. The molecule has 112 valence electrons. The lowest BCUT2D eigenvalue weighted by atomic mass is 10.1. The van der Waals surface area contributed by atoms with Gasteiger partial charge < -0.3 is 10.0 Å². The van der Waals surface area contributed by atoms with Gasteiger partial charge >= 0.3 is 0 Å². The van der Waals surface area contributed by atoms with Crippen molar-refractivity contribution in [2.45, 2.75) is 25.9 Å². The summed E-state index contributed by atoms with van der Waals surface area (Å²) in [5.41, 5.74) is 2.93. The van der Waals surface area contributed by atoms with E-state index in [0.29, 0.717) is 18.7 Å². The summed E-state index contributed by atoms with van der Waals surface area (Å²) in [7, 11) is 1.99. The molecule has 0 aliphatic heterocycles. The number of halogens is 1. The minimum Gasteiger partial charge on any atom is -0.387 e. The molecule has 0 amide bonds. The second-order valence-corrected chi connectivity index (χ2v) is 5.15. The van der Waals surface area contributed by atoms with Gasteiger partial charge in [0.15, 0.2) is 0 Å². The highest BCUT2D eigenvalue weighted by atomic mass is 19.1. The first-order valence-electron chi connectivity index (χ1n) is 7.19. The van der Waals surface area contributed by atoms with E-state index in [4.69, 9.17) is 0 Å². The summed E-state index contributed by atoms with van der Waals surface area (Å²) >= 11 is 0. The molecular formula is C17H21FN2O. The molecule has 1 heterocycles. The van der Waals surface area contributed by atoms with Crippen molar-refractivity contribution in [3.05, 3.63) is 59.7 Å². The van der Waals surface area contributed by atoms with Crippen molar-refractivity contribution in [1.82, 2.24) is 4.98 Å². The first-order valence-corrected chi connectivity index (χ1v) is 7.19. The number of anilines is 1. The molecule has 1 unspecified atom stereocenters. The zero-order chi connectivity index (χ0) is 15.2. The number of aromatic nitrogens is 1. The second-order valence-electron chi connectivity index (χ2n) is 5.15. The molecule has 21 heavy (non-hydrogen) atoms. The van der Waals surface area contributed by atoms with E-state index in [0.717, 1.165) is 18.3 Å². The van der Waals surface area contributed by atoms with Gasteiger partial charge in [0.2, 0.25) is 0 Å². The van der Waals surface area contributed by atoms with Gasteiger partial charge in [0.1, 0.15) is 5.82 Å². The van der Waals surface area contributed by atoms with Crippen LogP contribution in [0.5, 0.6) is 0 Å². The molecule has 3 nitrogen and oxygen atoms in total. The zero-order valence-electron chi connectivity index (χ0n) is 12.5. The minimum absolute atomic E-state index is 0.390. The number of rotatable bonds is 6. The SMILES string of the molecule is CCc1ccc(N(C)CCC(O)c2ccc(F)cn2)cc1. The number of hydrogen-bond acceptors (Lipinski definition) is 3. The van der Waals surface area contributed by atoms with E-state index in [-0.39, 0.29) is 5.82 Å². The normalized spacial score (nSPS) is 12.2. The molecule has 0 aliphatic rings. The second kappa shape index (κ2) is 7.18. The highest BCUT2D eigenvalue weighted by Crippen LogP contribution is 2.18. The Hall–Kier alpha value is -1.94. The molecule has 0 saturated carbocycles. The minimum atomic E-state index is -0.678. The number of hydrogen-bond donors (Lipinski definition) is 1. The van der Waals surface area contributed by atoms with Crippen LogP contribution in [0.25, 0.3) is 0 Å². The van der Waals surface area contributed by atoms with Crippen molar-refractivity contribution in [1.29, 1.82) is 0 Å². The molecule has 2 rings (SSSR count). The van der Waals surface area contributed by atoms with Crippen molar-refractivity contribution in [2.75, 3.05) is 18.5 Å². The number of nitrogens with zero attached hydrogens (tertiary/aromatic N) is 2. The maximum absolute atomic E-state index is 12.8. The summed E-state index contributed by atoms with van der Waals surface area (Å²) in [5, 5.41) is 10.1. The van der Waals surface area contributed by atoms with Gasteiger partial charge in [0.05, 0.1) is 18.0 Å². The Kier molecular flexibility index (Phi) is 5.28. The number of aryl methyl sites for hydroxylation is 1. The van der Waals surface area contributed by atoms with Gasteiger partial charge in [-0.25, -0.2) is 4.39 Å². The molecule has 1 atom stereocenters. The Labute approximate surface area is 125 Å². The topological polar surface area (TPSA) is 36.4 Å². The molecule has 0 bridgehead atoms. The van der Waals surface area contributed by atoms with Gasteiger partial charge in [-0.2, -0.15) is 0 Å². The van der Waals surface area contributed by atoms with Crippen LogP contribution < -0.4 is 4.90 Å². The van der Waals surface area contributed by atoms with Crippen LogP contribution in [0.2, 0.25) is 0 Å². The van der Waals surface area contributed by atoms with Gasteiger partial charge in [0, 0.05) is 19.3 Å². The maximum Gasteiger partial charge on any atom is 0.141 e. The molecule has 0 saturated heterocycles. The summed E-state index contributed by atoms with van der Waals surface area (Å²) in [6, 6.07) is 11.2. The Morgan fingerprint density at radius 2 is 1.90 bits per heavy atom. The van der Waals surface area contributed by atoms with E-state index >= 15 is 0 Å². The third kappa shape index (κ3) is 4.26. The lowest BCUT2D eigenvalue weighted by Gasteiger charge is -2.21. The number of aliphatic hydroxyl groups is 1. The average Bonchev–Trinajstić information content (AvgIpc) is 2.53. The lowest BCUT2D eigenvalue weighted by Crippen LogP contribution is -2.20. The standard InChI is InChI=1S/C17H21FN2O/c1-3-13-4-7-15(8-5-13)20(2)11-10-17(21)16-9-6-14(18)12-19-16/h4-9,12,17,21H,3,10-11H2,1-2H3. The Balaban J connectivity index is 1.90. The smallest absolute Gasteiger partial charge is 0.141 e. The van der Waals surface area contributed by atoms with Crippen molar-refractivity contribution in [3.8, 4) is 0 Å². The molecule has 1 aromatic carbocycles. The molecule has 1 aromatic heterocycles. The average molecular weight is 288 g/mol. The van der Waals surface area contributed by atoms with E-state index in [1.807, 2.05) is 7.05 Å². The van der Waals surface area contributed by atoms with E-state index in [9.17, 15) is 9.50 Å². The first kappa shape index (κ1) is 15.4. The fraction of sp³-hybridized carbons (Fsp3) is 0.353. The van der Waals surface area contributed by atoms with Crippen LogP contribution in [0.4, 0.5) is 10.1 Å². The maximum atomic E-state index is 12.8. The molecule has 0 aliphatic carbocycles. The van der Waals surface area contributed by atoms with Gasteiger partial charge in [-0.1, -0.05) is 19.1 Å². The van der Waals surface area contributed by atoms with Crippen LogP contribution in [0, 0.1) is 5.82 Å². The van der Waals surface area contributed by atoms with Crippen LogP contribution >= 0.6 is 0 Å². The molecule has 2 aromatic rings.